The van der Waals surface area contributed by atoms with Gasteiger partial charge in [0, 0.05) is 11.1 Å². The van der Waals surface area contributed by atoms with Gasteiger partial charge in [0.15, 0.2) is 0 Å². The van der Waals surface area contributed by atoms with Crippen LogP contribution in [0.3, 0.4) is 0 Å². The first kappa shape index (κ1) is 14.6. The molecule has 0 aliphatic heterocycles. The molecular weight excluding hydrogens is 296 g/mol. The van der Waals surface area contributed by atoms with Crippen molar-refractivity contribution in [1.82, 2.24) is 0 Å². The monoisotopic (exact) mass is 310 g/mol. The van der Waals surface area contributed by atoms with Crippen molar-refractivity contribution in [2.45, 2.75) is 0 Å². The summed E-state index contributed by atoms with van der Waals surface area (Å²) in [7, 11) is 1.50. The number of nitrogen functional groups attached to an aromatic ring is 1. The van der Waals surface area contributed by atoms with E-state index < -0.39 is 11.5 Å². The van der Waals surface area contributed by atoms with Crippen LogP contribution in [0, 0.1) is 0 Å². The summed E-state index contributed by atoms with van der Waals surface area (Å²) in [5.74, 6) is -0.0534. The lowest BCUT2D eigenvalue weighted by molar-refractivity contribution is 0.102. The van der Waals surface area contributed by atoms with Crippen molar-refractivity contribution < 1.29 is 13.9 Å². The third kappa shape index (κ3) is 2.87. The lowest BCUT2D eigenvalue weighted by Crippen LogP contribution is -2.20. The highest BCUT2D eigenvalue weighted by atomic mass is 16.5. The molecule has 0 aliphatic carbocycles. The molecule has 0 spiro atoms. The van der Waals surface area contributed by atoms with Crippen LogP contribution in [-0.2, 0) is 0 Å². The van der Waals surface area contributed by atoms with Crippen molar-refractivity contribution >= 4 is 28.3 Å². The highest BCUT2D eigenvalue weighted by molar-refractivity contribution is 6.05. The molecule has 23 heavy (non-hydrogen) atoms. The van der Waals surface area contributed by atoms with Crippen LogP contribution in [0.5, 0.6) is 5.75 Å². The Balaban J connectivity index is 1.93. The second kappa shape index (κ2) is 5.84. The molecule has 3 N–H and O–H groups in total. The molecule has 1 amide bonds. The minimum Gasteiger partial charge on any atom is -0.495 e. The third-order valence-electron chi connectivity index (χ3n) is 3.37. The Labute approximate surface area is 131 Å². The van der Waals surface area contributed by atoms with Gasteiger partial charge >= 0.3 is 5.63 Å². The first-order chi connectivity index (χ1) is 11.1. The van der Waals surface area contributed by atoms with Crippen molar-refractivity contribution in [2.75, 3.05) is 18.2 Å². The third-order valence-corrected chi connectivity index (χ3v) is 3.37. The highest BCUT2D eigenvalue weighted by Crippen LogP contribution is 2.24. The zero-order valence-corrected chi connectivity index (χ0v) is 12.3. The number of carbonyl (C=O) groups excluding carboxylic acids is 1. The highest BCUT2D eigenvalue weighted by Gasteiger charge is 2.14. The Hall–Kier alpha value is -3.28. The summed E-state index contributed by atoms with van der Waals surface area (Å²) in [6, 6.07) is 13.3. The summed E-state index contributed by atoms with van der Waals surface area (Å²) in [6.45, 7) is 0. The summed E-state index contributed by atoms with van der Waals surface area (Å²) >= 11 is 0. The topological polar surface area (TPSA) is 94.6 Å². The molecule has 0 atom stereocenters. The summed E-state index contributed by atoms with van der Waals surface area (Å²) in [6.07, 6.45) is 0. The molecule has 3 rings (SSSR count). The van der Waals surface area contributed by atoms with E-state index in [1.165, 1.54) is 13.2 Å². The van der Waals surface area contributed by atoms with Gasteiger partial charge in [0.2, 0.25) is 0 Å². The maximum atomic E-state index is 12.3. The second-order valence-electron chi connectivity index (χ2n) is 4.90. The summed E-state index contributed by atoms with van der Waals surface area (Å²) in [5.41, 5.74) is 6.31. The van der Waals surface area contributed by atoms with Crippen LogP contribution in [0.2, 0.25) is 0 Å². The molecule has 3 aromatic rings. The van der Waals surface area contributed by atoms with Crippen LogP contribution >= 0.6 is 0 Å². The number of anilines is 2. The molecule has 0 bridgehead atoms. The fourth-order valence-electron chi connectivity index (χ4n) is 2.23. The van der Waals surface area contributed by atoms with Gasteiger partial charge in [0.05, 0.1) is 12.8 Å². The van der Waals surface area contributed by atoms with Crippen molar-refractivity contribution in [2.24, 2.45) is 0 Å². The van der Waals surface area contributed by atoms with Gasteiger partial charge in [-0.3, -0.25) is 4.79 Å². The minimum atomic E-state index is -0.692. The number of methoxy groups -OCH3 is 1. The van der Waals surface area contributed by atoms with E-state index in [0.29, 0.717) is 28.1 Å². The molecule has 2 aromatic carbocycles. The zero-order valence-electron chi connectivity index (χ0n) is 12.3. The van der Waals surface area contributed by atoms with Gasteiger partial charge in [-0.25, -0.2) is 4.79 Å². The van der Waals surface area contributed by atoms with E-state index in [1.807, 2.05) is 0 Å². The molecule has 116 valence electrons. The minimum absolute atomic E-state index is 0.0712. The number of ether oxygens (including phenoxy) is 1. The lowest BCUT2D eigenvalue weighted by atomic mass is 10.1. The molecule has 0 unspecified atom stereocenters. The number of amides is 1. The molecule has 1 aromatic heterocycles. The SMILES string of the molecule is COc1ccc(NC(=O)c2cc3ccccc3oc2=O)cc1N. The predicted octanol–water partition coefficient (Wildman–Crippen LogP) is 2.64. The van der Waals surface area contributed by atoms with Gasteiger partial charge in [-0.1, -0.05) is 18.2 Å². The van der Waals surface area contributed by atoms with Gasteiger partial charge in [0.1, 0.15) is 16.9 Å². The van der Waals surface area contributed by atoms with Crippen molar-refractivity contribution in [3.05, 3.63) is 64.5 Å². The van der Waals surface area contributed by atoms with E-state index in [1.54, 1.807) is 42.5 Å². The number of nitrogens with two attached hydrogens (primary N) is 1. The van der Waals surface area contributed by atoms with Crippen LogP contribution in [0.4, 0.5) is 11.4 Å². The summed E-state index contributed by atoms with van der Waals surface area (Å²) in [5, 5.41) is 3.29. The Bertz CT molecular complexity index is 947. The molecule has 0 fully saturated rings. The number of hydrogen-bond donors (Lipinski definition) is 2. The molecule has 0 saturated heterocycles. The number of nitrogens with one attached hydrogen (secondary N) is 1. The second-order valence-corrected chi connectivity index (χ2v) is 4.90. The Morgan fingerprint density at radius 1 is 1.17 bits per heavy atom. The zero-order chi connectivity index (χ0) is 16.4. The number of rotatable bonds is 3. The first-order valence-electron chi connectivity index (χ1n) is 6.86. The molecule has 6 nitrogen and oxygen atoms in total. The van der Waals surface area contributed by atoms with E-state index in [4.69, 9.17) is 14.9 Å². The van der Waals surface area contributed by atoms with Crippen LogP contribution in [-0.4, -0.2) is 13.0 Å². The van der Waals surface area contributed by atoms with Gasteiger partial charge in [0.25, 0.3) is 5.91 Å². The number of hydrogen-bond acceptors (Lipinski definition) is 5. The molecule has 0 radical (unpaired) electrons. The predicted molar refractivity (Wildman–Crippen MR) is 87.8 cm³/mol. The number of carbonyl (C=O) groups is 1. The van der Waals surface area contributed by atoms with Gasteiger partial charge in [-0.05, 0) is 30.3 Å². The number of fused-ring (bicyclic) bond motifs is 1. The van der Waals surface area contributed by atoms with Crippen LogP contribution in [0.1, 0.15) is 10.4 Å². The summed E-state index contributed by atoms with van der Waals surface area (Å²) in [4.78, 5) is 24.3. The van der Waals surface area contributed by atoms with Crippen LogP contribution < -0.4 is 21.4 Å². The Kier molecular flexibility index (Phi) is 3.72. The average molecular weight is 310 g/mol. The fraction of sp³-hybridized carbons (Fsp3) is 0.0588. The van der Waals surface area contributed by atoms with Gasteiger partial charge < -0.3 is 20.2 Å². The van der Waals surface area contributed by atoms with E-state index in [0.717, 1.165) is 0 Å². The van der Waals surface area contributed by atoms with Gasteiger partial charge in [-0.15, -0.1) is 0 Å². The van der Waals surface area contributed by atoms with Crippen molar-refractivity contribution in [3.63, 3.8) is 0 Å². The lowest BCUT2D eigenvalue weighted by Gasteiger charge is -2.08. The Morgan fingerprint density at radius 3 is 2.70 bits per heavy atom. The molecule has 0 aliphatic rings. The molecular formula is C17H14N2O4. The van der Waals surface area contributed by atoms with Crippen molar-refractivity contribution in [1.29, 1.82) is 0 Å². The number of benzene rings is 2. The maximum Gasteiger partial charge on any atom is 0.349 e. The van der Waals surface area contributed by atoms with E-state index in [-0.39, 0.29) is 5.56 Å². The van der Waals surface area contributed by atoms with E-state index >= 15 is 0 Å². The molecule has 0 saturated carbocycles. The average Bonchev–Trinajstić information content (AvgIpc) is 2.54. The smallest absolute Gasteiger partial charge is 0.349 e. The first-order valence-corrected chi connectivity index (χ1v) is 6.86. The Morgan fingerprint density at radius 2 is 1.96 bits per heavy atom. The van der Waals surface area contributed by atoms with E-state index in [2.05, 4.69) is 5.32 Å². The molecule has 1 heterocycles. The van der Waals surface area contributed by atoms with Crippen molar-refractivity contribution in [3.8, 4) is 5.75 Å². The fourth-order valence-corrected chi connectivity index (χ4v) is 2.23. The van der Waals surface area contributed by atoms with Crippen LogP contribution in [0.15, 0.2) is 57.7 Å². The van der Waals surface area contributed by atoms with Gasteiger partial charge in [-0.2, -0.15) is 0 Å². The van der Waals surface area contributed by atoms with Crippen LogP contribution in [0.25, 0.3) is 11.0 Å². The normalized spacial score (nSPS) is 10.5. The summed E-state index contributed by atoms with van der Waals surface area (Å²) < 4.78 is 10.2. The largest absolute Gasteiger partial charge is 0.495 e. The molecule has 6 heteroatoms. The number of para-hydroxylation sites is 1. The maximum absolute atomic E-state index is 12.3. The standard InChI is InChI=1S/C17H14N2O4/c1-22-15-7-6-11(9-13(15)18)19-16(20)12-8-10-4-2-3-5-14(10)23-17(12)21/h2-9H,18H2,1H3,(H,19,20). The van der Waals surface area contributed by atoms with E-state index in [9.17, 15) is 9.59 Å². The quantitative estimate of drug-likeness (QED) is 0.573.